The van der Waals surface area contributed by atoms with Gasteiger partial charge in [-0.05, 0) is 47.2 Å². The molecule has 2 aromatic heterocycles. The number of anilines is 1. The Morgan fingerprint density at radius 3 is 2.56 bits per heavy atom. The van der Waals surface area contributed by atoms with Crippen LogP contribution in [-0.4, -0.2) is 41.4 Å². The molecular formula is C17H21N5O2S. The molecule has 1 fully saturated rings. The summed E-state index contributed by atoms with van der Waals surface area (Å²) >= 11 is 1.56. The van der Waals surface area contributed by atoms with Crippen LogP contribution in [0.3, 0.4) is 0 Å². The van der Waals surface area contributed by atoms with Gasteiger partial charge in [0.25, 0.3) is 0 Å². The average Bonchev–Trinajstić information content (AvgIpc) is 3.19. The zero-order valence-electron chi connectivity index (χ0n) is 13.9. The van der Waals surface area contributed by atoms with Crippen LogP contribution >= 0.6 is 11.3 Å². The third kappa shape index (κ3) is 4.99. The van der Waals surface area contributed by atoms with Crippen LogP contribution in [0.5, 0.6) is 0 Å². The Hall–Kier alpha value is -2.48. The predicted molar refractivity (Wildman–Crippen MR) is 96.1 cm³/mol. The first-order valence-corrected chi connectivity index (χ1v) is 9.25. The van der Waals surface area contributed by atoms with Crippen molar-refractivity contribution in [3.05, 3.63) is 40.8 Å². The minimum Gasteiger partial charge on any atom is -0.348 e. The summed E-state index contributed by atoms with van der Waals surface area (Å²) < 4.78 is 0. The first-order valence-electron chi connectivity index (χ1n) is 8.31. The third-order valence-corrected chi connectivity index (χ3v) is 4.97. The smallest absolute Gasteiger partial charge is 0.309 e. The summed E-state index contributed by atoms with van der Waals surface area (Å²) in [5.41, 5.74) is 1.00. The topological polar surface area (TPSA) is 87.2 Å². The summed E-state index contributed by atoms with van der Waals surface area (Å²) in [4.78, 5) is 34.3. The molecule has 0 aliphatic carbocycles. The van der Waals surface area contributed by atoms with Crippen molar-refractivity contribution in [1.29, 1.82) is 0 Å². The molecule has 0 atom stereocenters. The van der Waals surface area contributed by atoms with Gasteiger partial charge in [0, 0.05) is 38.6 Å². The highest BCUT2D eigenvalue weighted by molar-refractivity contribution is 7.07. The Bertz CT molecular complexity index is 684. The summed E-state index contributed by atoms with van der Waals surface area (Å²) in [6.45, 7) is 2.61. The Kier molecular flexibility index (Phi) is 5.95. The first-order chi connectivity index (χ1) is 12.2. The van der Waals surface area contributed by atoms with E-state index >= 15 is 0 Å². The van der Waals surface area contributed by atoms with Gasteiger partial charge in [0.1, 0.15) is 0 Å². The van der Waals surface area contributed by atoms with Gasteiger partial charge in [0.15, 0.2) is 0 Å². The molecule has 2 aromatic rings. The molecule has 3 rings (SSSR count). The lowest BCUT2D eigenvalue weighted by atomic mass is 9.97. The fourth-order valence-corrected chi connectivity index (χ4v) is 3.43. The molecule has 0 bridgehead atoms. The molecule has 25 heavy (non-hydrogen) atoms. The van der Waals surface area contributed by atoms with E-state index < -0.39 is 11.8 Å². The molecule has 1 aliphatic rings. The predicted octanol–water partition coefficient (Wildman–Crippen LogP) is 1.19. The zero-order valence-corrected chi connectivity index (χ0v) is 14.7. The highest BCUT2D eigenvalue weighted by Gasteiger charge is 2.22. The van der Waals surface area contributed by atoms with Gasteiger partial charge in [0.05, 0.1) is 0 Å². The van der Waals surface area contributed by atoms with Crippen LogP contribution in [0.25, 0.3) is 0 Å². The standard InChI is InChI=1S/C17H21N5O2S/c23-15(16(24)21-11-14-4-9-25-12-14)20-10-13-2-7-22(8-3-13)17-18-5-1-6-19-17/h1,4-6,9,12-13H,2-3,7-8,10-11H2,(H,20,23)(H,21,24). The van der Waals surface area contributed by atoms with Crippen molar-refractivity contribution in [3.8, 4) is 0 Å². The van der Waals surface area contributed by atoms with Crippen molar-refractivity contribution in [2.75, 3.05) is 24.5 Å². The molecule has 1 aliphatic heterocycles. The SMILES string of the molecule is O=C(NCc1ccsc1)C(=O)NCC1CCN(c2ncccn2)CC1. The van der Waals surface area contributed by atoms with Crippen LogP contribution < -0.4 is 15.5 Å². The molecule has 3 heterocycles. The molecule has 0 spiro atoms. The van der Waals surface area contributed by atoms with Crippen LogP contribution in [0.2, 0.25) is 0 Å². The fraction of sp³-hybridized carbons (Fsp3) is 0.412. The summed E-state index contributed by atoms with van der Waals surface area (Å²) in [5, 5.41) is 9.26. The molecule has 0 radical (unpaired) electrons. The Morgan fingerprint density at radius 2 is 1.88 bits per heavy atom. The van der Waals surface area contributed by atoms with Crippen LogP contribution in [0, 0.1) is 5.92 Å². The Labute approximate surface area is 150 Å². The summed E-state index contributed by atoms with van der Waals surface area (Å²) in [6.07, 6.45) is 5.36. The number of nitrogens with one attached hydrogen (secondary N) is 2. The molecule has 2 amide bonds. The van der Waals surface area contributed by atoms with Gasteiger partial charge < -0.3 is 15.5 Å². The normalized spacial score (nSPS) is 15.0. The van der Waals surface area contributed by atoms with Gasteiger partial charge in [0.2, 0.25) is 5.95 Å². The number of piperidine rings is 1. The van der Waals surface area contributed by atoms with Gasteiger partial charge in [-0.25, -0.2) is 9.97 Å². The Balaban J connectivity index is 1.36. The van der Waals surface area contributed by atoms with E-state index in [0.717, 1.165) is 37.4 Å². The van der Waals surface area contributed by atoms with Crippen molar-refractivity contribution in [2.45, 2.75) is 19.4 Å². The highest BCUT2D eigenvalue weighted by Crippen LogP contribution is 2.19. The quantitative estimate of drug-likeness (QED) is 0.783. The number of hydrogen-bond acceptors (Lipinski definition) is 6. The molecule has 0 aromatic carbocycles. The van der Waals surface area contributed by atoms with Gasteiger partial charge in [-0.3, -0.25) is 9.59 Å². The number of carbonyl (C=O) groups is 2. The van der Waals surface area contributed by atoms with E-state index in [1.807, 2.05) is 16.8 Å². The maximum atomic E-state index is 11.9. The van der Waals surface area contributed by atoms with E-state index in [0.29, 0.717) is 19.0 Å². The fourth-order valence-electron chi connectivity index (χ4n) is 2.76. The molecular weight excluding hydrogens is 338 g/mol. The van der Waals surface area contributed by atoms with Gasteiger partial charge in [-0.1, -0.05) is 0 Å². The summed E-state index contributed by atoms with van der Waals surface area (Å²) in [5.74, 6) is -0.0308. The minimum absolute atomic E-state index is 0.369. The molecule has 8 heteroatoms. The number of rotatable bonds is 5. The number of carbonyl (C=O) groups excluding carboxylic acids is 2. The van der Waals surface area contributed by atoms with Crippen LogP contribution in [-0.2, 0) is 16.1 Å². The maximum absolute atomic E-state index is 11.9. The van der Waals surface area contributed by atoms with Crippen molar-refractivity contribution >= 4 is 29.1 Å². The second-order valence-corrected chi connectivity index (χ2v) is 6.78. The van der Waals surface area contributed by atoms with E-state index in [9.17, 15) is 9.59 Å². The molecule has 2 N–H and O–H groups in total. The van der Waals surface area contributed by atoms with E-state index in [-0.39, 0.29) is 0 Å². The van der Waals surface area contributed by atoms with E-state index in [2.05, 4.69) is 25.5 Å². The van der Waals surface area contributed by atoms with E-state index in [1.54, 1.807) is 29.8 Å². The average molecular weight is 359 g/mol. The molecule has 0 saturated carbocycles. The maximum Gasteiger partial charge on any atom is 0.309 e. The lowest BCUT2D eigenvalue weighted by Gasteiger charge is -2.31. The molecule has 1 saturated heterocycles. The Morgan fingerprint density at radius 1 is 1.16 bits per heavy atom. The lowest BCUT2D eigenvalue weighted by molar-refractivity contribution is -0.139. The lowest BCUT2D eigenvalue weighted by Crippen LogP contribution is -2.43. The first kappa shape index (κ1) is 17.3. The second-order valence-electron chi connectivity index (χ2n) is 6.00. The van der Waals surface area contributed by atoms with Gasteiger partial charge in [-0.2, -0.15) is 11.3 Å². The molecule has 0 unspecified atom stereocenters. The van der Waals surface area contributed by atoms with E-state index in [1.165, 1.54) is 0 Å². The summed E-state index contributed by atoms with van der Waals surface area (Å²) in [7, 11) is 0. The van der Waals surface area contributed by atoms with Crippen molar-refractivity contribution < 1.29 is 9.59 Å². The number of nitrogens with zero attached hydrogens (tertiary/aromatic N) is 3. The number of amides is 2. The van der Waals surface area contributed by atoms with Crippen molar-refractivity contribution in [2.24, 2.45) is 5.92 Å². The highest BCUT2D eigenvalue weighted by atomic mass is 32.1. The largest absolute Gasteiger partial charge is 0.348 e. The zero-order chi connectivity index (χ0) is 17.5. The van der Waals surface area contributed by atoms with Crippen molar-refractivity contribution in [1.82, 2.24) is 20.6 Å². The third-order valence-electron chi connectivity index (χ3n) is 4.24. The van der Waals surface area contributed by atoms with Crippen molar-refractivity contribution in [3.63, 3.8) is 0 Å². The molecule has 132 valence electrons. The van der Waals surface area contributed by atoms with Crippen LogP contribution in [0.4, 0.5) is 5.95 Å². The molecule has 7 nitrogen and oxygen atoms in total. The summed E-state index contributed by atoms with van der Waals surface area (Å²) in [6, 6.07) is 3.72. The minimum atomic E-state index is -0.582. The van der Waals surface area contributed by atoms with E-state index in [4.69, 9.17) is 0 Å². The second kappa shape index (κ2) is 8.57. The van der Waals surface area contributed by atoms with Gasteiger partial charge >= 0.3 is 11.8 Å². The number of aromatic nitrogens is 2. The van der Waals surface area contributed by atoms with Crippen LogP contribution in [0.1, 0.15) is 18.4 Å². The number of thiophene rings is 1. The van der Waals surface area contributed by atoms with Gasteiger partial charge in [-0.15, -0.1) is 0 Å². The van der Waals surface area contributed by atoms with Crippen LogP contribution in [0.15, 0.2) is 35.3 Å². The number of hydrogen-bond donors (Lipinski definition) is 2. The monoisotopic (exact) mass is 359 g/mol.